The van der Waals surface area contributed by atoms with Crippen LogP contribution in [-0.2, 0) is 26.2 Å². The molecule has 0 saturated carbocycles. The Kier molecular flexibility index (Phi) is 5.99. The second-order valence-corrected chi connectivity index (χ2v) is 12.8. The topological polar surface area (TPSA) is 112 Å². The first-order chi connectivity index (χ1) is 16.7. The molecule has 35 heavy (non-hydrogen) atoms. The van der Waals surface area contributed by atoms with E-state index in [2.05, 4.69) is 10.3 Å². The molecule has 0 bridgehead atoms. The van der Waals surface area contributed by atoms with Gasteiger partial charge in [-0.15, -0.1) is 0 Å². The summed E-state index contributed by atoms with van der Waals surface area (Å²) >= 11 is 0.785. The standard InChI is InChI=1S/C24H20N2O6S3/c1-16-7-10-19(11-8-16)34(27,28)23-22(25-14-17-9-12-20-21(13-17)32-15-31-20)33-24(26-23)35(29,30)18-5-3-2-4-6-18/h2-13,25H,14-15H2,1H3. The molecular weight excluding hydrogens is 508 g/mol. The third-order valence-corrected chi connectivity index (χ3v) is 10.3. The normalized spacial score (nSPS) is 13.1. The molecule has 0 amide bonds. The Labute approximate surface area is 207 Å². The van der Waals surface area contributed by atoms with Gasteiger partial charge in [0.05, 0.1) is 9.79 Å². The average Bonchev–Trinajstić information content (AvgIpc) is 3.51. The predicted molar refractivity (Wildman–Crippen MR) is 131 cm³/mol. The van der Waals surface area contributed by atoms with E-state index in [4.69, 9.17) is 9.47 Å². The first kappa shape index (κ1) is 23.3. The number of fused-ring (bicyclic) bond motifs is 1. The fourth-order valence-electron chi connectivity index (χ4n) is 3.46. The summed E-state index contributed by atoms with van der Waals surface area (Å²) in [5.74, 6) is 1.22. The summed E-state index contributed by atoms with van der Waals surface area (Å²) in [5.41, 5.74) is 1.70. The number of thiazole rings is 1. The lowest BCUT2D eigenvalue weighted by Crippen LogP contribution is -2.08. The minimum Gasteiger partial charge on any atom is -0.454 e. The zero-order chi connectivity index (χ0) is 24.6. The molecule has 11 heteroatoms. The summed E-state index contributed by atoms with van der Waals surface area (Å²) in [5, 5.41) is 2.87. The first-order valence-electron chi connectivity index (χ1n) is 10.5. The van der Waals surface area contributed by atoms with Crippen molar-refractivity contribution in [3.05, 3.63) is 83.9 Å². The fourth-order valence-corrected chi connectivity index (χ4v) is 7.77. The lowest BCUT2D eigenvalue weighted by molar-refractivity contribution is 0.174. The van der Waals surface area contributed by atoms with E-state index < -0.39 is 19.7 Å². The minimum absolute atomic E-state index is 0.0307. The molecule has 0 atom stereocenters. The molecule has 0 aliphatic carbocycles. The smallest absolute Gasteiger partial charge is 0.233 e. The summed E-state index contributed by atoms with van der Waals surface area (Å²) in [4.78, 5) is 4.20. The van der Waals surface area contributed by atoms with Gasteiger partial charge in [-0.1, -0.05) is 53.3 Å². The van der Waals surface area contributed by atoms with Crippen LogP contribution in [0.2, 0.25) is 0 Å². The molecule has 0 spiro atoms. The highest BCUT2D eigenvalue weighted by atomic mass is 32.2. The van der Waals surface area contributed by atoms with Crippen LogP contribution < -0.4 is 14.8 Å². The zero-order valence-corrected chi connectivity index (χ0v) is 20.9. The summed E-state index contributed by atoms with van der Waals surface area (Å²) in [6.07, 6.45) is 0. The maximum Gasteiger partial charge on any atom is 0.233 e. The fraction of sp³-hybridized carbons (Fsp3) is 0.125. The number of hydrogen-bond acceptors (Lipinski definition) is 9. The highest BCUT2D eigenvalue weighted by Crippen LogP contribution is 2.38. The van der Waals surface area contributed by atoms with Crippen molar-refractivity contribution in [2.45, 2.75) is 32.6 Å². The van der Waals surface area contributed by atoms with Gasteiger partial charge in [-0.3, -0.25) is 0 Å². The van der Waals surface area contributed by atoms with Crippen molar-refractivity contribution >= 4 is 36.0 Å². The van der Waals surface area contributed by atoms with Crippen molar-refractivity contribution < 1.29 is 26.3 Å². The van der Waals surface area contributed by atoms with E-state index in [-0.39, 0.29) is 37.5 Å². The van der Waals surface area contributed by atoms with E-state index in [0.29, 0.717) is 11.5 Å². The van der Waals surface area contributed by atoms with Gasteiger partial charge in [0.1, 0.15) is 5.00 Å². The number of hydrogen-bond donors (Lipinski definition) is 1. The van der Waals surface area contributed by atoms with Crippen LogP contribution in [0.5, 0.6) is 11.5 Å². The van der Waals surface area contributed by atoms with E-state index in [1.54, 1.807) is 42.5 Å². The van der Waals surface area contributed by atoms with Gasteiger partial charge in [0.15, 0.2) is 16.5 Å². The van der Waals surface area contributed by atoms with Crippen LogP contribution in [-0.4, -0.2) is 28.6 Å². The van der Waals surface area contributed by atoms with Crippen LogP contribution in [0.25, 0.3) is 0 Å². The molecule has 1 N–H and O–H groups in total. The molecule has 2 heterocycles. The third-order valence-electron chi connectivity index (χ3n) is 5.34. The van der Waals surface area contributed by atoms with Crippen LogP contribution in [0, 0.1) is 6.92 Å². The Balaban J connectivity index is 1.55. The number of aryl methyl sites for hydroxylation is 1. The molecule has 0 radical (unpaired) electrons. The van der Waals surface area contributed by atoms with Gasteiger partial charge in [0.25, 0.3) is 0 Å². The summed E-state index contributed by atoms with van der Waals surface area (Å²) in [7, 11) is -8.11. The van der Waals surface area contributed by atoms with Crippen LogP contribution in [0.4, 0.5) is 5.00 Å². The lowest BCUT2D eigenvalue weighted by atomic mass is 10.2. The van der Waals surface area contributed by atoms with Crippen molar-refractivity contribution in [1.29, 1.82) is 0 Å². The molecular formula is C24H20N2O6S3. The molecule has 4 aromatic rings. The highest BCUT2D eigenvalue weighted by molar-refractivity contribution is 7.94. The molecule has 3 aromatic carbocycles. The number of ether oxygens (including phenoxy) is 2. The van der Waals surface area contributed by atoms with E-state index in [1.165, 1.54) is 24.3 Å². The van der Waals surface area contributed by atoms with Crippen molar-refractivity contribution in [1.82, 2.24) is 4.98 Å². The molecule has 1 aromatic heterocycles. The van der Waals surface area contributed by atoms with Crippen LogP contribution in [0.1, 0.15) is 11.1 Å². The Morgan fingerprint density at radius 1 is 0.857 bits per heavy atom. The number of sulfone groups is 2. The Morgan fingerprint density at radius 2 is 1.54 bits per heavy atom. The molecule has 180 valence electrons. The van der Waals surface area contributed by atoms with Gasteiger partial charge in [-0.2, -0.15) is 0 Å². The number of nitrogens with zero attached hydrogens (tertiary/aromatic N) is 1. The SMILES string of the molecule is Cc1ccc(S(=O)(=O)c2nc(S(=O)(=O)c3ccccc3)sc2NCc2ccc3c(c2)OCO3)cc1. The Bertz CT molecular complexity index is 1600. The first-order valence-corrected chi connectivity index (χ1v) is 14.3. The maximum atomic E-state index is 13.5. The molecule has 5 rings (SSSR count). The van der Waals surface area contributed by atoms with Gasteiger partial charge in [-0.25, -0.2) is 21.8 Å². The van der Waals surface area contributed by atoms with Gasteiger partial charge in [0, 0.05) is 6.54 Å². The Morgan fingerprint density at radius 3 is 2.29 bits per heavy atom. The number of anilines is 1. The van der Waals surface area contributed by atoms with Crippen LogP contribution in [0.15, 0.2) is 92.0 Å². The molecule has 1 aliphatic rings. The monoisotopic (exact) mass is 528 g/mol. The zero-order valence-electron chi connectivity index (χ0n) is 18.5. The van der Waals surface area contributed by atoms with E-state index in [1.807, 2.05) is 13.0 Å². The second kappa shape index (κ2) is 8.99. The second-order valence-electron chi connectivity index (χ2n) is 7.79. The quantitative estimate of drug-likeness (QED) is 0.374. The summed E-state index contributed by atoms with van der Waals surface area (Å²) in [6.45, 7) is 2.21. The van der Waals surface area contributed by atoms with Crippen molar-refractivity contribution in [3.63, 3.8) is 0 Å². The number of aromatic nitrogens is 1. The lowest BCUT2D eigenvalue weighted by Gasteiger charge is -2.08. The molecule has 0 saturated heterocycles. The molecule has 1 aliphatic heterocycles. The summed E-state index contributed by atoms with van der Waals surface area (Å²) < 4.78 is 63.8. The van der Waals surface area contributed by atoms with Crippen molar-refractivity contribution in [3.8, 4) is 11.5 Å². The predicted octanol–water partition coefficient (Wildman–Crippen LogP) is 4.46. The summed E-state index contributed by atoms with van der Waals surface area (Å²) in [6, 6.07) is 19.5. The average molecular weight is 529 g/mol. The van der Waals surface area contributed by atoms with Gasteiger partial charge in [0.2, 0.25) is 30.8 Å². The number of nitrogens with one attached hydrogen (secondary N) is 1. The Hall–Kier alpha value is -3.41. The molecule has 8 nitrogen and oxygen atoms in total. The number of benzene rings is 3. The molecule has 0 unspecified atom stereocenters. The number of rotatable bonds is 7. The van der Waals surface area contributed by atoms with Crippen molar-refractivity contribution in [2.24, 2.45) is 0 Å². The van der Waals surface area contributed by atoms with E-state index in [9.17, 15) is 16.8 Å². The van der Waals surface area contributed by atoms with Gasteiger partial charge in [-0.05, 0) is 48.9 Å². The van der Waals surface area contributed by atoms with E-state index >= 15 is 0 Å². The van der Waals surface area contributed by atoms with Gasteiger partial charge < -0.3 is 14.8 Å². The minimum atomic E-state index is -4.09. The highest BCUT2D eigenvalue weighted by Gasteiger charge is 2.31. The third kappa shape index (κ3) is 4.49. The molecule has 0 fully saturated rings. The maximum absolute atomic E-state index is 13.5. The van der Waals surface area contributed by atoms with Crippen LogP contribution in [0.3, 0.4) is 0 Å². The van der Waals surface area contributed by atoms with Crippen LogP contribution >= 0.6 is 11.3 Å². The van der Waals surface area contributed by atoms with E-state index in [0.717, 1.165) is 22.5 Å². The van der Waals surface area contributed by atoms with Gasteiger partial charge >= 0.3 is 0 Å². The van der Waals surface area contributed by atoms with Crippen molar-refractivity contribution in [2.75, 3.05) is 12.1 Å². The largest absolute Gasteiger partial charge is 0.454 e.